The molecule has 1 aromatic rings. The van der Waals surface area contributed by atoms with E-state index in [2.05, 4.69) is 13.8 Å². The molecule has 0 radical (unpaired) electrons. The highest BCUT2D eigenvalue weighted by Gasteiger charge is 2.07. The topological polar surface area (TPSA) is 18.5 Å². The van der Waals surface area contributed by atoms with Crippen LogP contribution in [0.4, 0.5) is 0 Å². The van der Waals surface area contributed by atoms with Gasteiger partial charge >= 0.3 is 0 Å². The first kappa shape index (κ1) is 13.2. The molecule has 1 aromatic carbocycles. The normalized spacial score (nSPS) is 12.2. The van der Waals surface area contributed by atoms with E-state index in [9.17, 15) is 0 Å². The van der Waals surface area contributed by atoms with E-state index < -0.39 is 0 Å². The summed E-state index contributed by atoms with van der Waals surface area (Å²) in [4.78, 5) is 0. The number of hydrogen-bond acceptors (Lipinski definition) is 2. The minimum absolute atomic E-state index is 0.490. The van der Waals surface area contributed by atoms with Crippen molar-refractivity contribution in [1.82, 2.24) is 0 Å². The van der Waals surface area contributed by atoms with Crippen LogP contribution in [-0.2, 0) is 5.88 Å². The first-order valence-electron chi connectivity index (χ1n) is 5.56. The van der Waals surface area contributed by atoms with Crippen molar-refractivity contribution < 1.29 is 9.47 Å². The molecule has 0 aliphatic carbocycles. The van der Waals surface area contributed by atoms with Crippen LogP contribution in [0.2, 0.25) is 0 Å². The molecule has 0 fully saturated rings. The second kappa shape index (κ2) is 6.64. The lowest BCUT2D eigenvalue weighted by molar-refractivity contribution is 0.244. The zero-order valence-corrected chi connectivity index (χ0v) is 10.9. The van der Waals surface area contributed by atoms with Crippen molar-refractivity contribution in [2.75, 3.05) is 13.7 Å². The molecule has 3 heteroatoms. The lowest BCUT2D eigenvalue weighted by atomic mass is 10.1. The van der Waals surface area contributed by atoms with E-state index in [4.69, 9.17) is 21.1 Å². The SMILES string of the molecule is CCC(C)COc1cc(CCl)ccc1OC. The van der Waals surface area contributed by atoms with Crippen molar-refractivity contribution in [3.8, 4) is 11.5 Å². The van der Waals surface area contributed by atoms with Gasteiger partial charge in [0, 0.05) is 5.88 Å². The largest absolute Gasteiger partial charge is 0.493 e. The van der Waals surface area contributed by atoms with Gasteiger partial charge in [0.15, 0.2) is 11.5 Å². The lowest BCUT2D eigenvalue weighted by Gasteiger charge is -2.14. The molecule has 2 nitrogen and oxygen atoms in total. The summed E-state index contributed by atoms with van der Waals surface area (Å²) in [7, 11) is 1.64. The molecule has 0 aromatic heterocycles. The van der Waals surface area contributed by atoms with Gasteiger partial charge in [0.2, 0.25) is 0 Å². The Kier molecular flexibility index (Phi) is 5.47. The summed E-state index contributed by atoms with van der Waals surface area (Å²) in [5.74, 6) is 2.58. The van der Waals surface area contributed by atoms with Gasteiger partial charge in [0.25, 0.3) is 0 Å². The van der Waals surface area contributed by atoms with Crippen molar-refractivity contribution in [2.24, 2.45) is 5.92 Å². The lowest BCUT2D eigenvalue weighted by Crippen LogP contribution is -2.08. The molecule has 0 bridgehead atoms. The van der Waals surface area contributed by atoms with Gasteiger partial charge in [-0.15, -0.1) is 11.6 Å². The molecule has 1 unspecified atom stereocenters. The minimum atomic E-state index is 0.490. The molecule has 0 amide bonds. The second-order valence-corrected chi connectivity index (χ2v) is 4.21. The number of halogens is 1. The maximum absolute atomic E-state index is 5.79. The zero-order valence-electron chi connectivity index (χ0n) is 10.1. The van der Waals surface area contributed by atoms with Crippen LogP contribution in [0.1, 0.15) is 25.8 Å². The smallest absolute Gasteiger partial charge is 0.161 e. The Balaban J connectivity index is 2.75. The Morgan fingerprint density at radius 2 is 2.06 bits per heavy atom. The van der Waals surface area contributed by atoms with Crippen LogP contribution in [0.3, 0.4) is 0 Å². The number of benzene rings is 1. The van der Waals surface area contributed by atoms with Gasteiger partial charge in [-0.3, -0.25) is 0 Å². The predicted molar refractivity (Wildman–Crippen MR) is 67.5 cm³/mol. The second-order valence-electron chi connectivity index (χ2n) is 3.94. The fourth-order valence-corrected chi connectivity index (χ4v) is 1.43. The van der Waals surface area contributed by atoms with Crippen LogP contribution in [0.25, 0.3) is 0 Å². The van der Waals surface area contributed by atoms with Crippen molar-refractivity contribution >= 4 is 11.6 Å². The van der Waals surface area contributed by atoms with Crippen molar-refractivity contribution in [1.29, 1.82) is 0 Å². The van der Waals surface area contributed by atoms with E-state index in [0.29, 0.717) is 18.4 Å². The van der Waals surface area contributed by atoms with Crippen molar-refractivity contribution in [2.45, 2.75) is 26.1 Å². The van der Waals surface area contributed by atoms with Gasteiger partial charge in [-0.25, -0.2) is 0 Å². The van der Waals surface area contributed by atoms with Gasteiger partial charge in [0.05, 0.1) is 13.7 Å². The molecule has 0 aliphatic heterocycles. The molecule has 0 saturated carbocycles. The van der Waals surface area contributed by atoms with Crippen LogP contribution < -0.4 is 9.47 Å². The number of methoxy groups -OCH3 is 1. The fraction of sp³-hybridized carbons (Fsp3) is 0.538. The van der Waals surface area contributed by atoms with E-state index in [-0.39, 0.29) is 0 Å². The number of alkyl halides is 1. The summed E-state index contributed by atoms with van der Waals surface area (Å²) in [5, 5.41) is 0. The fourth-order valence-electron chi connectivity index (χ4n) is 1.27. The molecule has 1 atom stereocenters. The Morgan fingerprint density at radius 3 is 2.62 bits per heavy atom. The third kappa shape index (κ3) is 3.60. The van der Waals surface area contributed by atoms with Gasteiger partial charge in [-0.05, 0) is 23.6 Å². The Hall–Kier alpha value is -0.890. The summed E-state index contributed by atoms with van der Waals surface area (Å²) < 4.78 is 11.0. The van der Waals surface area contributed by atoms with Crippen LogP contribution in [0, 0.1) is 5.92 Å². The molecule has 0 aliphatic rings. The van der Waals surface area contributed by atoms with Gasteiger partial charge < -0.3 is 9.47 Å². The molecular formula is C13H19ClO2. The van der Waals surface area contributed by atoms with Gasteiger partial charge in [0.1, 0.15) is 0 Å². The van der Waals surface area contributed by atoms with E-state index in [0.717, 1.165) is 23.5 Å². The molecule has 1 rings (SSSR count). The maximum Gasteiger partial charge on any atom is 0.161 e. The van der Waals surface area contributed by atoms with Gasteiger partial charge in [-0.2, -0.15) is 0 Å². The molecule has 0 spiro atoms. The Morgan fingerprint density at radius 1 is 1.31 bits per heavy atom. The Labute approximate surface area is 103 Å². The molecule has 90 valence electrons. The quantitative estimate of drug-likeness (QED) is 0.706. The maximum atomic E-state index is 5.79. The molecule has 0 saturated heterocycles. The molecule has 0 heterocycles. The highest BCUT2D eigenvalue weighted by atomic mass is 35.5. The summed E-state index contributed by atoms with van der Waals surface area (Å²) in [6.45, 7) is 5.02. The first-order chi connectivity index (χ1) is 7.71. The minimum Gasteiger partial charge on any atom is -0.493 e. The summed E-state index contributed by atoms with van der Waals surface area (Å²) in [6, 6.07) is 5.78. The number of hydrogen-bond donors (Lipinski definition) is 0. The van der Waals surface area contributed by atoms with Gasteiger partial charge in [-0.1, -0.05) is 26.3 Å². The van der Waals surface area contributed by atoms with Crippen LogP contribution in [0.5, 0.6) is 11.5 Å². The predicted octanol–water partition coefficient (Wildman–Crippen LogP) is 3.86. The molecule has 0 N–H and O–H groups in total. The highest BCUT2D eigenvalue weighted by molar-refractivity contribution is 6.17. The summed E-state index contributed by atoms with van der Waals surface area (Å²) in [6.07, 6.45) is 1.11. The van der Waals surface area contributed by atoms with Crippen LogP contribution in [0.15, 0.2) is 18.2 Å². The Bertz CT molecular complexity index is 326. The van der Waals surface area contributed by atoms with E-state index in [1.165, 1.54) is 0 Å². The average Bonchev–Trinajstić information content (AvgIpc) is 2.35. The summed E-state index contributed by atoms with van der Waals surface area (Å²) >= 11 is 5.79. The molecule has 16 heavy (non-hydrogen) atoms. The van der Waals surface area contributed by atoms with Crippen LogP contribution >= 0.6 is 11.6 Å². The average molecular weight is 243 g/mol. The highest BCUT2D eigenvalue weighted by Crippen LogP contribution is 2.29. The molecular weight excluding hydrogens is 224 g/mol. The third-order valence-electron chi connectivity index (χ3n) is 2.60. The number of ether oxygens (including phenoxy) is 2. The van der Waals surface area contributed by atoms with Crippen LogP contribution in [-0.4, -0.2) is 13.7 Å². The summed E-state index contributed by atoms with van der Waals surface area (Å²) in [5.41, 5.74) is 1.04. The standard InChI is InChI=1S/C13H19ClO2/c1-4-10(2)9-16-13-7-11(8-14)5-6-12(13)15-3/h5-7,10H,4,8-9H2,1-3H3. The van der Waals surface area contributed by atoms with E-state index in [1.807, 2.05) is 18.2 Å². The van der Waals surface area contributed by atoms with E-state index in [1.54, 1.807) is 7.11 Å². The monoisotopic (exact) mass is 242 g/mol. The third-order valence-corrected chi connectivity index (χ3v) is 2.91. The van der Waals surface area contributed by atoms with Crippen molar-refractivity contribution in [3.63, 3.8) is 0 Å². The number of rotatable bonds is 6. The zero-order chi connectivity index (χ0) is 12.0. The first-order valence-corrected chi connectivity index (χ1v) is 6.10. The van der Waals surface area contributed by atoms with Crippen molar-refractivity contribution in [3.05, 3.63) is 23.8 Å². The van der Waals surface area contributed by atoms with E-state index >= 15 is 0 Å².